The molecule has 10 nitrogen and oxygen atoms in total. The van der Waals surface area contributed by atoms with Crippen molar-refractivity contribution in [3.05, 3.63) is 113 Å². The van der Waals surface area contributed by atoms with Crippen molar-refractivity contribution in [3.63, 3.8) is 0 Å². The maximum atomic E-state index is 13.3. The van der Waals surface area contributed by atoms with Crippen LogP contribution in [0.25, 0.3) is 28.6 Å². The maximum absolute atomic E-state index is 13.3. The van der Waals surface area contributed by atoms with Crippen LogP contribution in [-0.4, -0.2) is 46.6 Å². The van der Waals surface area contributed by atoms with Crippen LogP contribution in [0.5, 0.6) is 11.9 Å². The highest BCUT2D eigenvalue weighted by atomic mass is 79.9. The van der Waals surface area contributed by atoms with E-state index in [1.54, 1.807) is 36.9 Å². The van der Waals surface area contributed by atoms with Gasteiger partial charge in [-0.3, -0.25) is 9.71 Å². The Morgan fingerprint density at radius 2 is 1.55 bits per heavy atom. The first-order chi connectivity index (χ1) is 20.4. The fourth-order valence-electron chi connectivity index (χ4n) is 3.78. The lowest BCUT2D eigenvalue weighted by molar-refractivity contribution is 0.202. The Hall–Kier alpha value is -4.68. The summed E-state index contributed by atoms with van der Waals surface area (Å²) >= 11 is 3.29. The number of aryl methyl sites for hydroxylation is 1. The van der Waals surface area contributed by atoms with Crippen molar-refractivity contribution in [2.24, 2.45) is 0 Å². The van der Waals surface area contributed by atoms with Crippen molar-refractivity contribution in [3.8, 4) is 34.4 Å². The lowest BCUT2D eigenvalue weighted by Gasteiger charge is -2.17. The van der Waals surface area contributed by atoms with Gasteiger partial charge in [-0.05, 0) is 52.2 Å². The standard InChI is InChI=1S/C30H25BrN6O4S/c1-21-7-9-23(10-8-21)26-28(37-42(38,39)18-13-22-5-3-2-4-6-22)35-27(24-11-14-32-15-12-24)36-29(26)40-16-17-41-30-33-19-25(31)20-34-30/h2-15,18-20H,16-17H2,1H3,(H,35,36,37). The van der Waals surface area contributed by atoms with Gasteiger partial charge in [0.2, 0.25) is 5.88 Å². The molecule has 0 saturated carbocycles. The number of pyridine rings is 1. The van der Waals surface area contributed by atoms with E-state index in [2.05, 4.69) is 45.6 Å². The number of rotatable bonds is 11. The third-order valence-electron chi connectivity index (χ3n) is 5.78. The smallest absolute Gasteiger partial charge is 0.316 e. The zero-order valence-electron chi connectivity index (χ0n) is 22.4. The van der Waals surface area contributed by atoms with E-state index in [9.17, 15) is 8.42 Å². The van der Waals surface area contributed by atoms with Crippen molar-refractivity contribution in [2.45, 2.75) is 6.92 Å². The van der Waals surface area contributed by atoms with Crippen molar-refractivity contribution in [1.82, 2.24) is 24.9 Å². The molecule has 0 aliphatic heterocycles. The molecule has 0 aliphatic carbocycles. The van der Waals surface area contributed by atoms with Gasteiger partial charge in [-0.2, -0.15) is 4.98 Å². The highest BCUT2D eigenvalue weighted by Gasteiger charge is 2.22. The first kappa shape index (κ1) is 28.8. The van der Waals surface area contributed by atoms with Gasteiger partial charge in [0.05, 0.1) is 15.4 Å². The largest absolute Gasteiger partial charge is 0.473 e. The first-order valence-electron chi connectivity index (χ1n) is 12.7. The summed E-state index contributed by atoms with van der Waals surface area (Å²) in [6.45, 7) is 2.15. The molecule has 12 heteroatoms. The Labute approximate surface area is 251 Å². The molecule has 0 amide bonds. The Balaban J connectivity index is 1.53. The molecule has 1 N–H and O–H groups in total. The number of sulfonamides is 1. The number of anilines is 1. The molecule has 0 saturated heterocycles. The molecule has 5 aromatic rings. The second kappa shape index (κ2) is 13.3. The van der Waals surface area contributed by atoms with E-state index in [0.717, 1.165) is 21.0 Å². The SMILES string of the molecule is Cc1ccc(-c2c(NS(=O)(=O)C=Cc3ccccc3)nc(-c3ccncc3)nc2OCCOc2ncc(Br)cn2)cc1. The molecule has 3 heterocycles. The van der Waals surface area contributed by atoms with Crippen LogP contribution in [-0.2, 0) is 10.0 Å². The number of nitrogens with zero attached hydrogens (tertiary/aromatic N) is 5. The quantitative estimate of drug-likeness (QED) is 0.174. The minimum Gasteiger partial charge on any atom is -0.473 e. The minimum absolute atomic E-state index is 0.0607. The molecule has 0 spiro atoms. The second-order valence-electron chi connectivity index (χ2n) is 8.92. The number of benzene rings is 2. The first-order valence-corrected chi connectivity index (χ1v) is 15.1. The fourth-order valence-corrected chi connectivity index (χ4v) is 4.80. The molecule has 5 rings (SSSR count). The topological polar surface area (TPSA) is 129 Å². The highest BCUT2D eigenvalue weighted by molar-refractivity contribution is 9.10. The second-order valence-corrected chi connectivity index (χ2v) is 11.4. The summed E-state index contributed by atoms with van der Waals surface area (Å²) in [4.78, 5) is 21.5. The third kappa shape index (κ3) is 7.74. The molecule has 2 aromatic carbocycles. The van der Waals surface area contributed by atoms with E-state index in [1.165, 1.54) is 6.08 Å². The van der Waals surface area contributed by atoms with E-state index in [0.29, 0.717) is 16.7 Å². The predicted molar refractivity (Wildman–Crippen MR) is 164 cm³/mol. The van der Waals surface area contributed by atoms with Gasteiger partial charge in [0.1, 0.15) is 13.2 Å². The van der Waals surface area contributed by atoms with Crippen LogP contribution >= 0.6 is 15.9 Å². The van der Waals surface area contributed by atoms with Crippen molar-refractivity contribution in [2.75, 3.05) is 17.9 Å². The summed E-state index contributed by atoms with van der Waals surface area (Å²) in [6, 6.07) is 20.3. The maximum Gasteiger partial charge on any atom is 0.316 e. The van der Waals surface area contributed by atoms with Crippen molar-refractivity contribution < 1.29 is 17.9 Å². The molecule has 0 aliphatic rings. The number of halogens is 1. The van der Waals surface area contributed by atoms with Crippen molar-refractivity contribution >= 4 is 37.8 Å². The number of hydrogen-bond donors (Lipinski definition) is 1. The molecule has 42 heavy (non-hydrogen) atoms. The van der Waals surface area contributed by atoms with Crippen LogP contribution in [0.3, 0.4) is 0 Å². The van der Waals surface area contributed by atoms with Gasteiger partial charge in [-0.1, -0.05) is 60.2 Å². The van der Waals surface area contributed by atoms with Gasteiger partial charge in [0, 0.05) is 30.4 Å². The Bertz CT molecular complexity index is 1770. The molecular formula is C30H25BrN6O4S. The number of aromatic nitrogens is 5. The Morgan fingerprint density at radius 3 is 2.26 bits per heavy atom. The summed E-state index contributed by atoms with van der Waals surface area (Å²) in [7, 11) is -3.99. The molecular weight excluding hydrogens is 620 g/mol. The average molecular weight is 646 g/mol. The lowest BCUT2D eigenvalue weighted by atomic mass is 10.1. The minimum atomic E-state index is -3.99. The molecule has 0 radical (unpaired) electrons. The average Bonchev–Trinajstić information content (AvgIpc) is 3.00. The Morgan fingerprint density at radius 1 is 0.857 bits per heavy atom. The molecule has 0 fully saturated rings. The summed E-state index contributed by atoms with van der Waals surface area (Å²) in [6.07, 6.45) is 7.87. The van der Waals surface area contributed by atoms with E-state index >= 15 is 0 Å². The van der Waals surface area contributed by atoms with Crippen molar-refractivity contribution in [1.29, 1.82) is 0 Å². The number of ether oxygens (including phenoxy) is 2. The summed E-state index contributed by atoms with van der Waals surface area (Å²) < 4.78 is 41.6. The van der Waals surface area contributed by atoms with Gasteiger partial charge in [-0.15, -0.1) is 0 Å². The highest BCUT2D eigenvalue weighted by Crippen LogP contribution is 2.37. The van der Waals surface area contributed by atoms with Crippen LogP contribution in [0.1, 0.15) is 11.1 Å². The monoisotopic (exact) mass is 644 g/mol. The molecule has 0 unspecified atom stereocenters. The number of nitrogens with one attached hydrogen (secondary N) is 1. The molecule has 0 atom stereocenters. The van der Waals surface area contributed by atoms with Gasteiger partial charge in [0.25, 0.3) is 10.0 Å². The van der Waals surface area contributed by atoms with Gasteiger partial charge < -0.3 is 9.47 Å². The van der Waals surface area contributed by atoms with Crippen LogP contribution in [0.2, 0.25) is 0 Å². The van der Waals surface area contributed by atoms with Crippen LogP contribution in [0.15, 0.2) is 101 Å². The normalized spacial score (nSPS) is 11.4. The van der Waals surface area contributed by atoms with E-state index in [1.807, 2.05) is 61.5 Å². The Kier molecular flexibility index (Phi) is 9.15. The van der Waals surface area contributed by atoms with Crippen LogP contribution in [0.4, 0.5) is 5.82 Å². The predicted octanol–water partition coefficient (Wildman–Crippen LogP) is 5.94. The number of hydrogen-bond acceptors (Lipinski definition) is 9. The van der Waals surface area contributed by atoms with Gasteiger partial charge in [-0.25, -0.2) is 23.4 Å². The zero-order valence-corrected chi connectivity index (χ0v) is 24.8. The summed E-state index contributed by atoms with van der Waals surface area (Å²) in [5, 5.41) is 1.10. The van der Waals surface area contributed by atoms with E-state index in [4.69, 9.17) is 9.47 Å². The van der Waals surface area contributed by atoms with Crippen LogP contribution < -0.4 is 14.2 Å². The summed E-state index contributed by atoms with van der Waals surface area (Å²) in [5.74, 6) is 0.487. The van der Waals surface area contributed by atoms with Crippen LogP contribution in [0, 0.1) is 6.92 Å². The molecule has 3 aromatic heterocycles. The van der Waals surface area contributed by atoms with E-state index < -0.39 is 10.0 Å². The molecule has 212 valence electrons. The van der Waals surface area contributed by atoms with E-state index in [-0.39, 0.29) is 36.7 Å². The molecule has 0 bridgehead atoms. The van der Waals surface area contributed by atoms with Gasteiger partial charge >= 0.3 is 6.01 Å². The zero-order chi connectivity index (χ0) is 29.4. The fraction of sp³-hybridized carbons (Fsp3) is 0.100. The third-order valence-corrected chi connectivity index (χ3v) is 7.16. The lowest BCUT2D eigenvalue weighted by Crippen LogP contribution is -2.15. The van der Waals surface area contributed by atoms with Gasteiger partial charge in [0.15, 0.2) is 11.6 Å². The summed E-state index contributed by atoms with van der Waals surface area (Å²) in [5.41, 5.74) is 3.44.